The van der Waals surface area contributed by atoms with Gasteiger partial charge in [-0.05, 0) is 62.2 Å². The first-order valence-electron chi connectivity index (χ1n) is 9.32. The molecule has 2 nitrogen and oxygen atoms in total. The molecule has 0 amide bonds. The molecule has 0 radical (unpaired) electrons. The number of ketones is 1. The van der Waals surface area contributed by atoms with Crippen molar-refractivity contribution in [3.8, 4) is 12.3 Å². The standard InChI is InChI=1S/C21H28O2/c1-4-21(23)10-8-18-19-13(2)11-14-12-15(22)5-6-16(14)17(19)7-9-20(18,21)3/h1,13,17-19,23H,5-12H2,2-3H3/t13-,17+,18-,19+,20-,21+/m0/s1. The summed E-state index contributed by atoms with van der Waals surface area (Å²) < 4.78 is 0. The van der Waals surface area contributed by atoms with Crippen molar-refractivity contribution in [2.24, 2.45) is 29.1 Å². The second-order valence-electron chi connectivity index (χ2n) is 8.82. The highest BCUT2D eigenvalue weighted by atomic mass is 16.3. The van der Waals surface area contributed by atoms with Gasteiger partial charge in [-0.15, -0.1) is 6.42 Å². The lowest BCUT2D eigenvalue weighted by Gasteiger charge is -2.55. The van der Waals surface area contributed by atoms with Crippen LogP contribution in [-0.2, 0) is 4.79 Å². The number of carbonyl (C=O) groups is 1. The minimum absolute atomic E-state index is 0.125. The van der Waals surface area contributed by atoms with Crippen molar-refractivity contribution in [3.63, 3.8) is 0 Å². The first-order valence-corrected chi connectivity index (χ1v) is 9.32. The maximum atomic E-state index is 11.9. The SMILES string of the molecule is C#C[C@@]1(O)CC[C@H]2[C@H]3[C@H](CC[C@@]21C)C1=C(CC(=O)CC1)C[C@@H]3C. The molecular weight excluding hydrogens is 284 g/mol. The van der Waals surface area contributed by atoms with Crippen LogP contribution in [0.25, 0.3) is 0 Å². The zero-order valence-electron chi connectivity index (χ0n) is 14.4. The van der Waals surface area contributed by atoms with Gasteiger partial charge >= 0.3 is 0 Å². The number of aliphatic hydroxyl groups is 1. The average molecular weight is 312 g/mol. The molecule has 2 heteroatoms. The predicted molar refractivity (Wildman–Crippen MR) is 90.5 cm³/mol. The van der Waals surface area contributed by atoms with Crippen LogP contribution < -0.4 is 0 Å². The van der Waals surface area contributed by atoms with Crippen molar-refractivity contribution < 1.29 is 9.90 Å². The monoisotopic (exact) mass is 312 g/mol. The van der Waals surface area contributed by atoms with Gasteiger partial charge in [-0.25, -0.2) is 0 Å². The van der Waals surface area contributed by atoms with E-state index in [4.69, 9.17) is 6.42 Å². The smallest absolute Gasteiger partial charge is 0.137 e. The Morgan fingerprint density at radius 2 is 2.04 bits per heavy atom. The zero-order valence-corrected chi connectivity index (χ0v) is 14.4. The van der Waals surface area contributed by atoms with Gasteiger partial charge in [0.2, 0.25) is 0 Å². The summed E-state index contributed by atoms with van der Waals surface area (Å²) in [7, 11) is 0. The summed E-state index contributed by atoms with van der Waals surface area (Å²) in [4.78, 5) is 11.9. The van der Waals surface area contributed by atoms with Crippen molar-refractivity contribution in [1.82, 2.24) is 0 Å². The Bertz CT molecular complexity index is 624. The van der Waals surface area contributed by atoms with Crippen molar-refractivity contribution in [2.75, 3.05) is 0 Å². The Balaban J connectivity index is 1.72. The topological polar surface area (TPSA) is 37.3 Å². The Kier molecular flexibility index (Phi) is 3.34. The highest BCUT2D eigenvalue weighted by Crippen LogP contribution is 2.65. The lowest BCUT2D eigenvalue weighted by molar-refractivity contribution is -0.119. The van der Waals surface area contributed by atoms with Crippen LogP contribution in [0.4, 0.5) is 0 Å². The maximum Gasteiger partial charge on any atom is 0.137 e. The van der Waals surface area contributed by atoms with Crippen LogP contribution in [-0.4, -0.2) is 16.5 Å². The number of carbonyl (C=O) groups excluding carboxylic acids is 1. The van der Waals surface area contributed by atoms with Crippen LogP contribution in [0.1, 0.15) is 65.2 Å². The van der Waals surface area contributed by atoms with Gasteiger partial charge in [0.25, 0.3) is 0 Å². The molecule has 0 aromatic carbocycles. The van der Waals surface area contributed by atoms with Crippen LogP contribution in [0.5, 0.6) is 0 Å². The fraction of sp³-hybridized carbons (Fsp3) is 0.762. The average Bonchev–Trinajstić information content (AvgIpc) is 2.79. The minimum Gasteiger partial charge on any atom is -0.377 e. The Hall–Kier alpha value is -1.07. The Morgan fingerprint density at radius 1 is 1.26 bits per heavy atom. The van der Waals surface area contributed by atoms with Gasteiger partial charge in [-0.3, -0.25) is 4.79 Å². The van der Waals surface area contributed by atoms with Gasteiger partial charge in [0.15, 0.2) is 0 Å². The number of fused-ring (bicyclic) bond motifs is 4. The van der Waals surface area contributed by atoms with E-state index in [9.17, 15) is 9.90 Å². The summed E-state index contributed by atoms with van der Waals surface area (Å²) >= 11 is 0. The largest absolute Gasteiger partial charge is 0.377 e. The number of Topliss-reactive ketones (excluding diaryl/α,β-unsaturated/α-hetero) is 1. The lowest BCUT2D eigenvalue weighted by Crippen LogP contribution is -2.52. The van der Waals surface area contributed by atoms with Gasteiger partial charge in [0, 0.05) is 18.3 Å². The van der Waals surface area contributed by atoms with E-state index in [0.717, 1.165) is 44.9 Å². The van der Waals surface area contributed by atoms with E-state index in [-0.39, 0.29) is 5.41 Å². The van der Waals surface area contributed by atoms with Crippen LogP contribution in [0, 0.1) is 41.4 Å². The molecule has 0 spiro atoms. The molecule has 23 heavy (non-hydrogen) atoms. The number of terminal acetylenes is 1. The molecule has 1 N–H and O–H groups in total. The van der Waals surface area contributed by atoms with Gasteiger partial charge in [0.1, 0.15) is 11.4 Å². The van der Waals surface area contributed by atoms with Gasteiger partial charge in [0.05, 0.1) is 0 Å². The van der Waals surface area contributed by atoms with E-state index in [1.807, 2.05) is 0 Å². The normalized spacial score (nSPS) is 49.2. The minimum atomic E-state index is -0.917. The summed E-state index contributed by atoms with van der Waals surface area (Å²) in [5, 5.41) is 11.0. The summed E-state index contributed by atoms with van der Waals surface area (Å²) in [6.07, 6.45) is 13.2. The number of allylic oxidation sites excluding steroid dienone is 2. The predicted octanol–water partition coefficient (Wildman–Crippen LogP) is 3.88. The molecule has 0 unspecified atom stereocenters. The molecule has 124 valence electrons. The number of rotatable bonds is 0. The van der Waals surface area contributed by atoms with E-state index in [1.54, 1.807) is 5.57 Å². The Morgan fingerprint density at radius 3 is 2.78 bits per heavy atom. The number of hydrogen-bond donors (Lipinski definition) is 1. The van der Waals surface area contributed by atoms with Crippen molar-refractivity contribution in [2.45, 2.75) is 70.8 Å². The lowest BCUT2D eigenvalue weighted by atomic mass is 9.50. The van der Waals surface area contributed by atoms with E-state index in [2.05, 4.69) is 19.8 Å². The molecule has 2 saturated carbocycles. The first kappa shape index (κ1) is 15.5. The van der Waals surface area contributed by atoms with Crippen molar-refractivity contribution >= 4 is 5.78 Å². The van der Waals surface area contributed by atoms with E-state index in [1.165, 1.54) is 5.57 Å². The molecule has 0 heterocycles. The molecule has 0 bridgehead atoms. The highest BCUT2D eigenvalue weighted by Gasteiger charge is 2.62. The molecule has 2 fully saturated rings. The molecular formula is C21H28O2. The molecule has 0 aromatic rings. The third kappa shape index (κ3) is 1.96. The summed E-state index contributed by atoms with van der Waals surface area (Å²) in [5.41, 5.74) is 2.04. The van der Waals surface area contributed by atoms with Crippen LogP contribution >= 0.6 is 0 Å². The van der Waals surface area contributed by atoms with Crippen LogP contribution in [0.15, 0.2) is 11.1 Å². The summed E-state index contributed by atoms with van der Waals surface area (Å²) in [6.45, 7) is 4.60. The van der Waals surface area contributed by atoms with Gasteiger partial charge in [-0.2, -0.15) is 0 Å². The van der Waals surface area contributed by atoms with E-state index < -0.39 is 5.60 Å². The van der Waals surface area contributed by atoms with Gasteiger partial charge < -0.3 is 5.11 Å². The second-order valence-corrected chi connectivity index (χ2v) is 8.82. The van der Waals surface area contributed by atoms with E-state index in [0.29, 0.717) is 35.9 Å². The Labute approximate surface area is 139 Å². The molecule has 0 aliphatic heterocycles. The van der Waals surface area contributed by atoms with Crippen LogP contribution in [0.3, 0.4) is 0 Å². The van der Waals surface area contributed by atoms with Crippen molar-refractivity contribution in [1.29, 1.82) is 0 Å². The quantitative estimate of drug-likeness (QED) is 0.544. The van der Waals surface area contributed by atoms with Crippen molar-refractivity contribution in [3.05, 3.63) is 11.1 Å². The summed E-state index contributed by atoms with van der Waals surface area (Å²) in [6, 6.07) is 0. The molecule has 0 aromatic heterocycles. The fourth-order valence-corrected chi connectivity index (χ4v) is 6.72. The second kappa shape index (κ2) is 4.96. The first-order chi connectivity index (χ1) is 10.9. The number of hydrogen-bond acceptors (Lipinski definition) is 2. The van der Waals surface area contributed by atoms with Gasteiger partial charge in [-0.1, -0.05) is 30.9 Å². The molecule has 4 aliphatic rings. The highest BCUT2D eigenvalue weighted by molar-refractivity contribution is 5.82. The molecule has 6 atom stereocenters. The molecule has 0 saturated heterocycles. The third-order valence-corrected chi connectivity index (χ3v) is 7.93. The maximum absolute atomic E-state index is 11.9. The summed E-state index contributed by atoms with van der Waals surface area (Å²) in [5.74, 6) is 5.60. The van der Waals surface area contributed by atoms with E-state index >= 15 is 0 Å². The molecule has 4 rings (SSSR count). The fourth-order valence-electron chi connectivity index (χ4n) is 6.72. The zero-order chi connectivity index (χ0) is 16.4. The third-order valence-electron chi connectivity index (χ3n) is 7.93. The molecule has 4 aliphatic carbocycles. The van der Waals surface area contributed by atoms with Crippen LogP contribution in [0.2, 0.25) is 0 Å².